The lowest BCUT2D eigenvalue weighted by Gasteiger charge is -2.01. The van der Waals surface area contributed by atoms with Gasteiger partial charge < -0.3 is 0 Å². The highest BCUT2D eigenvalue weighted by Crippen LogP contribution is 2.05. The van der Waals surface area contributed by atoms with E-state index in [4.69, 9.17) is 0 Å². The fourth-order valence-corrected chi connectivity index (χ4v) is 0.772. The van der Waals surface area contributed by atoms with E-state index < -0.39 is 0 Å². The first-order chi connectivity index (χ1) is 4.66. The van der Waals surface area contributed by atoms with Gasteiger partial charge in [0, 0.05) is 12.8 Å². The van der Waals surface area contributed by atoms with Crippen molar-refractivity contribution in [3.8, 4) is 0 Å². The monoisotopic (exact) mass is 141 g/mol. The fourth-order valence-electron chi connectivity index (χ4n) is 0.772. The van der Waals surface area contributed by atoms with Gasteiger partial charge >= 0.3 is 0 Å². The number of carbonyl (C=O) groups is 1. The van der Waals surface area contributed by atoms with Crippen LogP contribution in [0, 0.1) is 12.8 Å². The van der Waals surface area contributed by atoms with Gasteiger partial charge in [-0.1, -0.05) is 20.8 Å². The van der Waals surface area contributed by atoms with Crippen LogP contribution in [-0.2, 0) is 4.79 Å². The Hall–Kier alpha value is -0.330. The van der Waals surface area contributed by atoms with Crippen LogP contribution in [0.25, 0.3) is 0 Å². The Kier molecular flexibility index (Phi) is 5.27. The number of Topliss-reactive ketones (excluding diaryl/α,β-unsaturated/α-hetero) is 1. The van der Waals surface area contributed by atoms with Crippen molar-refractivity contribution >= 4 is 5.78 Å². The summed E-state index contributed by atoms with van der Waals surface area (Å²) in [5, 5.41) is 0. The first-order valence-corrected chi connectivity index (χ1v) is 3.97. The highest BCUT2D eigenvalue weighted by Gasteiger charge is 2.01. The SMILES string of the molecule is [CH2]CCC(=O)CCC(C)C. The minimum atomic E-state index is 0.365. The van der Waals surface area contributed by atoms with Crippen LogP contribution < -0.4 is 0 Å². The largest absolute Gasteiger partial charge is 0.300 e. The van der Waals surface area contributed by atoms with Crippen LogP contribution in [0.2, 0.25) is 0 Å². The zero-order valence-electron chi connectivity index (χ0n) is 7.02. The second-order valence-corrected chi connectivity index (χ2v) is 3.07. The van der Waals surface area contributed by atoms with E-state index in [-0.39, 0.29) is 0 Å². The van der Waals surface area contributed by atoms with Crippen LogP contribution in [0.4, 0.5) is 0 Å². The average Bonchev–Trinajstić information content (AvgIpc) is 1.85. The Bertz CT molecular complexity index is 94.9. The van der Waals surface area contributed by atoms with E-state index in [1.807, 2.05) is 0 Å². The molecule has 1 heteroatoms. The maximum atomic E-state index is 10.9. The summed E-state index contributed by atoms with van der Waals surface area (Å²) >= 11 is 0. The third kappa shape index (κ3) is 5.80. The topological polar surface area (TPSA) is 17.1 Å². The number of hydrogen-bond acceptors (Lipinski definition) is 1. The molecular formula is C9H17O. The highest BCUT2D eigenvalue weighted by molar-refractivity contribution is 5.78. The quantitative estimate of drug-likeness (QED) is 0.575. The van der Waals surface area contributed by atoms with Crippen molar-refractivity contribution in [3.63, 3.8) is 0 Å². The summed E-state index contributed by atoms with van der Waals surface area (Å²) in [6, 6.07) is 0. The standard InChI is InChI=1S/C9H17O/c1-4-5-9(10)7-6-8(2)3/h8H,1,4-7H2,2-3H3. The van der Waals surface area contributed by atoms with Gasteiger partial charge in [-0.25, -0.2) is 0 Å². The van der Waals surface area contributed by atoms with E-state index >= 15 is 0 Å². The van der Waals surface area contributed by atoms with Crippen molar-refractivity contribution < 1.29 is 4.79 Å². The molecule has 0 spiro atoms. The predicted octanol–water partition coefficient (Wildman–Crippen LogP) is 2.61. The van der Waals surface area contributed by atoms with Gasteiger partial charge in [0.05, 0.1) is 0 Å². The van der Waals surface area contributed by atoms with Gasteiger partial charge in [-0.3, -0.25) is 4.79 Å². The molecule has 0 amide bonds. The van der Waals surface area contributed by atoms with Gasteiger partial charge in [-0.2, -0.15) is 0 Å². The van der Waals surface area contributed by atoms with Crippen LogP contribution in [0.5, 0.6) is 0 Å². The van der Waals surface area contributed by atoms with E-state index in [1.54, 1.807) is 0 Å². The summed E-state index contributed by atoms with van der Waals surface area (Å²) < 4.78 is 0. The molecule has 59 valence electrons. The molecule has 0 rings (SSSR count). The summed E-state index contributed by atoms with van der Waals surface area (Å²) in [5.41, 5.74) is 0. The van der Waals surface area contributed by atoms with Crippen LogP contribution in [-0.4, -0.2) is 5.78 Å². The van der Waals surface area contributed by atoms with E-state index in [2.05, 4.69) is 20.8 Å². The normalized spacial score (nSPS) is 10.4. The molecule has 0 aromatic rings. The minimum Gasteiger partial charge on any atom is -0.300 e. The molecule has 0 heterocycles. The third-order valence-corrected chi connectivity index (χ3v) is 1.46. The number of hydrogen-bond donors (Lipinski definition) is 0. The summed E-state index contributed by atoms with van der Waals surface area (Å²) in [5.74, 6) is 1.01. The molecule has 0 aliphatic rings. The maximum absolute atomic E-state index is 10.9. The predicted molar refractivity (Wildman–Crippen MR) is 43.7 cm³/mol. The zero-order valence-corrected chi connectivity index (χ0v) is 7.02. The van der Waals surface area contributed by atoms with Gasteiger partial charge in [0.15, 0.2) is 0 Å². The number of ketones is 1. The second kappa shape index (κ2) is 5.45. The van der Waals surface area contributed by atoms with Crippen molar-refractivity contribution in [1.29, 1.82) is 0 Å². The Morgan fingerprint density at radius 2 is 2.00 bits per heavy atom. The van der Waals surface area contributed by atoms with Crippen molar-refractivity contribution in [2.45, 2.75) is 39.5 Å². The van der Waals surface area contributed by atoms with Gasteiger partial charge in [0.1, 0.15) is 5.78 Å². The van der Waals surface area contributed by atoms with Crippen LogP contribution >= 0.6 is 0 Å². The molecule has 0 aliphatic carbocycles. The molecule has 0 fully saturated rings. The second-order valence-electron chi connectivity index (χ2n) is 3.07. The summed E-state index contributed by atoms with van der Waals surface area (Å²) in [4.78, 5) is 10.9. The molecule has 0 atom stereocenters. The molecular weight excluding hydrogens is 124 g/mol. The van der Waals surface area contributed by atoms with E-state index in [9.17, 15) is 4.79 Å². The fraction of sp³-hybridized carbons (Fsp3) is 0.778. The first kappa shape index (κ1) is 9.67. The molecule has 0 aromatic carbocycles. The van der Waals surface area contributed by atoms with E-state index in [1.165, 1.54) is 0 Å². The lowest BCUT2D eigenvalue weighted by atomic mass is 10.0. The minimum absolute atomic E-state index is 0.365. The highest BCUT2D eigenvalue weighted by atomic mass is 16.1. The molecule has 10 heavy (non-hydrogen) atoms. The van der Waals surface area contributed by atoms with Crippen LogP contribution in [0.15, 0.2) is 0 Å². The maximum Gasteiger partial charge on any atom is 0.132 e. The number of carbonyl (C=O) groups excluding carboxylic acids is 1. The summed E-state index contributed by atoms with van der Waals surface area (Å²) in [6.45, 7) is 7.90. The Morgan fingerprint density at radius 1 is 1.40 bits per heavy atom. The third-order valence-electron chi connectivity index (χ3n) is 1.46. The van der Waals surface area contributed by atoms with Gasteiger partial charge in [0.2, 0.25) is 0 Å². The smallest absolute Gasteiger partial charge is 0.132 e. The Labute approximate surface area is 63.8 Å². The van der Waals surface area contributed by atoms with Crippen LogP contribution in [0.3, 0.4) is 0 Å². The molecule has 0 bridgehead atoms. The lowest BCUT2D eigenvalue weighted by molar-refractivity contribution is -0.119. The van der Waals surface area contributed by atoms with Crippen LogP contribution in [0.1, 0.15) is 39.5 Å². The molecule has 0 N–H and O–H groups in total. The van der Waals surface area contributed by atoms with E-state index in [0.717, 1.165) is 19.3 Å². The van der Waals surface area contributed by atoms with Crippen molar-refractivity contribution in [2.75, 3.05) is 0 Å². The molecule has 0 saturated heterocycles. The van der Waals surface area contributed by atoms with Gasteiger partial charge in [-0.05, 0) is 18.8 Å². The molecule has 1 radical (unpaired) electrons. The number of rotatable bonds is 5. The molecule has 0 aliphatic heterocycles. The Balaban J connectivity index is 3.22. The van der Waals surface area contributed by atoms with E-state index in [0.29, 0.717) is 18.1 Å². The molecule has 0 unspecified atom stereocenters. The zero-order chi connectivity index (χ0) is 7.98. The lowest BCUT2D eigenvalue weighted by Crippen LogP contribution is -1.99. The summed E-state index contributed by atoms with van der Waals surface area (Å²) in [6.07, 6.45) is 3.18. The molecule has 0 saturated carbocycles. The van der Waals surface area contributed by atoms with Crippen molar-refractivity contribution in [2.24, 2.45) is 5.92 Å². The average molecular weight is 141 g/mol. The van der Waals surface area contributed by atoms with Gasteiger partial charge in [0.25, 0.3) is 0 Å². The summed E-state index contributed by atoms with van der Waals surface area (Å²) in [7, 11) is 0. The van der Waals surface area contributed by atoms with Crippen molar-refractivity contribution in [3.05, 3.63) is 6.92 Å². The Morgan fingerprint density at radius 3 is 2.40 bits per heavy atom. The first-order valence-electron chi connectivity index (χ1n) is 3.97. The molecule has 0 aromatic heterocycles. The van der Waals surface area contributed by atoms with Gasteiger partial charge in [-0.15, -0.1) is 0 Å². The molecule has 1 nitrogen and oxygen atoms in total. The van der Waals surface area contributed by atoms with Crippen molar-refractivity contribution in [1.82, 2.24) is 0 Å².